The second-order valence-electron chi connectivity index (χ2n) is 9.93. The van der Waals surface area contributed by atoms with Crippen LogP contribution in [0.4, 0.5) is 0 Å². The Labute approximate surface area is 185 Å². The highest BCUT2D eigenvalue weighted by molar-refractivity contribution is 5.22. The summed E-state index contributed by atoms with van der Waals surface area (Å²) in [6.07, 6.45) is 9.00. The molecule has 5 nitrogen and oxygen atoms in total. The molecule has 1 aromatic heterocycles. The smallest absolute Gasteiger partial charge is 0.0535 e. The second-order valence-corrected chi connectivity index (χ2v) is 9.93. The van der Waals surface area contributed by atoms with E-state index in [1.165, 1.54) is 24.1 Å². The summed E-state index contributed by atoms with van der Waals surface area (Å²) in [6, 6.07) is 0. The molecule has 174 valence electrons. The lowest BCUT2D eigenvalue weighted by molar-refractivity contribution is -0.0505. The molecule has 1 N–H and O–H groups in total. The molecule has 1 aromatic rings. The van der Waals surface area contributed by atoms with Gasteiger partial charge in [0, 0.05) is 50.1 Å². The van der Waals surface area contributed by atoms with E-state index in [2.05, 4.69) is 56.8 Å². The predicted octanol–water partition coefficient (Wildman–Crippen LogP) is 5.63. The quantitative estimate of drug-likeness (QED) is 0.395. The van der Waals surface area contributed by atoms with Gasteiger partial charge >= 0.3 is 0 Å². The van der Waals surface area contributed by atoms with Gasteiger partial charge in [0.15, 0.2) is 0 Å². The topological polar surface area (TPSA) is 50.4 Å². The largest absolute Gasteiger partial charge is 0.381 e. The molecule has 0 spiro atoms. The number of ether oxygens (including phenoxy) is 2. The van der Waals surface area contributed by atoms with Crippen molar-refractivity contribution in [2.45, 2.75) is 85.6 Å². The number of hydrogen-bond donors (Lipinski definition) is 1. The summed E-state index contributed by atoms with van der Waals surface area (Å²) in [4.78, 5) is 2.42. The van der Waals surface area contributed by atoms with E-state index in [0.29, 0.717) is 17.8 Å². The molecule has 0 bridgehead atoms. The lowest BCUT2D eigenvalue weighted by Crippen LogP contribution is -2.43. The van der Waals surface area contributed by atoms with Gasteiger partial charge in [-0.2, -0.15) is 5.10 Å². The number of aromatic nitrogens is 2. The van der Waals surface area contributed by atoms with E-state index >= 15 is 0 Å². The van der Waals surface area contributed by atoms with Crippen molar-refractivity contribution in [2.75, 3.05) is 40.0 Å². The Kier molecular flexibility index (Phi) is 10.8. The van der Waals surface area contributed by atoms with Crippen LogP contribution in [-0.2, 0) is 16.0 Å². The third-order valence-corrected chi connectivity index (χ3v) is 7.07. The number of unbranched alkanes of at least 4 members (excludes halogenated alkanes) is 1. The lowest BCUT2D eigenvalue weighted by atomic mass is 9.59. The first-order chi connectivity index (χ1) is 14.4. The highest BCUT2D eigenvalue weighted by Crippen LogP contribution is 2.50. The van der Waals surface area contributed by atoms with E-state index < -0.39 is 0 Å². The molecule has 0 radical (unpaired) electrons. The molecule has 0 aliphatic heterocycles. The number of rotatable bonds is 14. The molecule has 1 saturated carbocycles. The van der Waals surface area contributed by atoms with E-state index in [4.69, 9.17) is 9.47 Å². The van der Waals surface area contributed by atoms with Crippen LogP contribution in [0.2, 0.25) is 0 Å². The average molecular weight is 422 g/mol. The van der Waals surface area contributed by atoms with E-state index in [1.54, 1.807) is 0 Å². The van der Waals surface area contributed by atoms with Crippen molar-refractivity contribution in [3.8, 4) is 0 Å². The highest BCUT2D eigenvalue weighted by Gasteiger charge is 2.44. The minimum Gasteiger partial charge on any atom is -0.381 e. The fourth-order valence-corrected chi connectivity index (χ4v) is 4.86. The molecule has 2 unspecified atom stereocenters. The van der Waals surface area contributed by atoms with Crippen LogP contribution < -0.4 is 0 Å². The molecular weight excluding hydrogens is 374 g/mol. The van der Waals surface area contributed by atoms with Crippen molar-refractivity contribution in [2.24, 2.45) is 17.3 Å². The van der Waals surface area contributed by atoms with E-state index in [1.807, 2.05) is 6.20 Å². The van der Waals surface area contributed by atoms with Crippen LogP contribution in [-0.4, -0.2) is 55.1 Å². The van der Waals surface area contributed by atoms with Crippen molar-refractivity contribution >= 4 is 0 Å². The standard InChI is InChI=1S/C25H47N3O2/c1-7-10-11-28(6)17-21-16-26-27-24(21)20-14-22(18-29-12-8-2)25(4,5)23(15-20)19-30-13-9-3/h16,20,22-23H,7-15,17-19H2,1-6H3,(H,26,27). The van der Waals surface area contributed by atoms with Crippen LogP contribution in [0.25, 0.3) is 0 Å². The van der Waals surface area contributed by atoms with E-state index in [-0.39, 0.29) is 5.41 Å². The van der Waals surface area contributed by atoms with Crippen molar-refractivity contribution < 1.29 is 9.47 Å². The Morgan fingerprint density at radius 1 is 1.03 bits per heavy atom. The van der Waals surface area contributed by atoms with Crippen molar-refractivity contribution in [3.63, 3.8) is 0 Å². The molecule has 1 aliphatic rings. The van der Waals surface area contributed by atoms with E-state index in [9.17, 15) is 0 Å². The fourth-order valence-electron chi connectivity index (χ4n) is 4.86. The fraction of sp³-hybridized carbons (Fsp3) is 0.880. The number of nitrogens with one attached hydrogen (secondary N) is 1. The summed E-state index contributed by atoms with van der Waals surface area (Å²) >= 11 is 0. The Morgan fingerprint density at radius 2 is 1.63 bits per heavy atom. The van der Waals surface area contributed by atoms with Crippen LogP contribution in [0.1, 0.15) is 90.3 Å². The molecule has 5 heteroatoms. The maximum atomic E-state index is 6.06. The molecule has 30 heavy (non-hydrogen) atoms. The van der Waals surface area contributed by atoms with Gasteiger partial charge in [0.2, 0.25) is 0 Å². The summed E-state index contributed by atoms with van der Waals surface area (Å²) in [7, 11) is 2.22. The summed E-state index contributed by atoms with van der Waals surface area (Å²) in [6.45, 7) is 17.0. The SMILES string of the molecule is CCCCN(C)Cc1cn[nH]c1C1CC(COCCC)C(C)(C)C(COCCC)C1. The van der Waals surface area contributed by atoms with Crippen molar-refractivity contribution in [3.05, 3.63) is 17.5 Å². The highest BCUT2D eigenvalue weighted by atomic mass is 16.5. The summed E-state index contributed by atoms with van der Waals surface area (Å²) < 4.78 is 12.1. The number of nitrogens with zero attached hydrogens (tertiary/aromatic N) is 2. The summed E-state index contributed by atoms with van der Waals surface area (Å²) in [5.74, 6) is 1.57. The van der Waals surface area contributed by atoms with Crippen LogP contribution in [0.15, 0.2) is 6.20 Å². The summed E-state index contributed by atoms with van der Waals surface area (Å²) in [5.41, 5.74) is 2.92. The first-order valence-corrected chi connectivity index (χ1v) is 12.3. The minimum absolute atomic E-state index is 0.218. The molecule has 2 rings (SSSR count). The molecular formula is C25H47N3O2. The van der Waals surface area contributed by atoms with Gasteiger partial charge in [-0.1, -0.05) is 41.0 Å². The van der Waals surface area contributed by atoms with Gasteiger partial charge < -0.3 is 14.4 Å². The van der Waals surface area contributed by atoms with Crippen LogP contribution in [0, 0.1) is 17.3 Å². The Hall–Kier alpha value is -0.910. The third-order valence-electron chi connectivity index (χ3n) is 7.07. The van der Waals surface area contributed by atoms with Crippen LogP contribution in [0.3, 0.4) is 0 Å². The van der Waals surface area contributed by atoms with Crippen molar-refractivity contribution in [1.82, 2.24) is 15.1 Å². The number of H-pyrrole nitrogens is 1. The molecule has 2 atom stereocenters. The Morgan fingerprint density at radius 3 is 2.17 bits per heavy atom. The minimum atomic E-state index is 0.218. The van der Waals surface area contributed by atoms with Gasteiger partial charge in [-0.25, -0.2) is 0 Å². The maximum Gasteiger partial charge on any atom is 0.0535 e. The predicted molar refractivity (Wildman–Crippen MR) is 125 cm³/mol. The first-order valence-electron chi connectivity index (χ1n) is 12.3. The molecule has 0 saturated heterocycles. The molecule has 0 amide bonds. The van der Waals surface area contributed by atoms with E-state index in [0.717, 1.165) is 65.2 Å². The van der Waals surface area contributed by atoms with Gasteiger partial charge in [0.05, 0.1) is 6.20 Å². The molecule has 0 aromatic carbocycles. The normalized spacial score (nSPS) is 23.9. The van der Waals surface area contributed by atoms with Gasteiger partial charge in [0.25, 0.3) is 0 Å². The monoisotopic (exact) mass is 421 g/mol. The number of hydrogen-bond acceptors (Lipinski definition) is 4. The van der Waals surface area contributed by atoms with Gasteiger partial charge in [-0.15, -0.1) is 0 Å². The molecule has 1 aliphatic carbocycles. The maximum absolute atomic E-state index is 6.06. The van der Waals surface area contributed by atoms with Crippen LogP contribution >= 0.6 is 0 Å². The third kappa shape index (κ3) is 7.06. The van der Waals surface area contributed by atoms with Crippen molar-refractivity contribution in [1.29, 1.82) is 0 Å². The van der Waals surface area contributed by atoms with Gasteiger partial charge in [0.1, 0.15) is 0 Å². The Bertz CT molecular complexity index is 565. The average Bonchev–Trinajstić information content (AvgIpc) is 3.17. The van der Waals surface area contributed by atoms with Crippen LogP contribution in [0.5, 0.6) is 0 Å². The van der Waals surface area contributed by atoms with Gasteiger partial charge in [-0.05, 0) is 62.9 Å². The zero-order chi connectivity index (χ0) is 22.0. The Balaban J connectivity index is 2.15. The first kappa shape index (κ1) is 25.4. The summed E-state index contributed by atoms with van der Waals surface area (Å²) in [5, 5.41) is 7.84. The molecule has 1 heterocycles. The van der Waals surface area contributed by atoms with Gasteiger partial charge in [-0.3, -0.25) is 5.10 Å². The number of aromatic amines is 1. The zero-order valence-electron chi connectivity index (χ0n) is 20.5. The molecule has 1 fully saturated rings. The lowest BCUT2D eigenvalue weighted by Gasteiger charge is -2.48. The zero-order valence-corrected chi connectivity index (χ0v) is 20.5. The second kappa shape index (κ2) is 12.8.